The van der Waals surface area contributed by atoms with Crippen molar-refractivity contribution in [1.29, 1.82) is 0 Å². The summed E-state index contributed by atoms with van der Waals surface area (Å²) in [5, 5.41) is 0. The molecule has 2 nitrogen and oxygen atoms in total. The largest absolute Gasteiger partial charge is 0.453 e. The second-order valence-electron chi connectivity index (χ2n) is 1.79. The number of rotatable bonds is 1. The van der Waals surface area contributed by atoms with Gasteiger partial charge in [0.1, 0.15) is 0 Å². The SMILES string of the molecule is CC(=O)O[C@H](C)C(F)(F)F. The van der Waals surface area contributed by atoms with Crippen LogP contribution in [0.1, 0.15) is 13.8 Å². The van der Waals surface area contributed by atoms with Gasteiger partial charge in [0.2, 0.25) is 0 Å². The van der Waals surface area contributed by atoms with Crippen LogP contribution >= 0.6 is 0 Å². The second-order valence-corrected chi connectivity index (χ2v) is 1.79. The molecule has 0 radical (unpaired) electrons. The molecule has 10 heavy (non-hydrogen) atoms. The van der Waals surface area contributed by atoms with E-state index < -0.39 is 18.2 Å². The van der Waals surface area contributed by atoms with Crippen LogP contribution in [0.15, 0.2) is 0 Å². The first-order chi connectivity index (χ1) is 4.34. The van der Waals surface area contributed by atoms with E-state index in [1.54, 1.807) is 0 Å². The predicted octanol–water partition coefficient (Wildman–Crippen LogP) is 1.50. The fourth-order valence-electron chi connectivity index (χ4n) is 0.316. The first kappa shape index (κ1) is 9.26. The Bertz CT molecular complexity index is 129. The Labute approximate surface area is 56.0 Å². The van der Waals surface area contributed by atoms with Crippen molar-refractivity contribution in [2.24, 2.45) is 0 Å². The summed E-state index contributed by atoms with van der Waals surface area (Å²) in [5.74, 6) is -0.926. The van der Waals surface area contributed by atoms with E-state index in [0.717, 1.165) is 13.8 Å². The number of carbonyl (C=O) groups excluding carboxylic acids is 1. The van der Waals surface area contributed by atoms with Gasteiger partial charge >= 0.3 is 12.1 Å². The maximum absolute atomic E-state index is 11.5. The molecule has 0 rings (SSSR count). The van der Waals surface area contributed by atoms with Crippen LogP contribution in [0.5, 0.6) is 0 Å². The summed E-state index contributed by atoms with van der Waals surface area (Å²) in [7, 11) is 0. The van der Waals surface area contributed by atoms with Crippen LogP contribution in [0.3, 0.4) is 0 Å². The molecule has 0 unspecified atom stereocenters. The molecule has 0 aromatic rings. The van der Waals surface area contributed by atoms with Crippen molar-refractivity contribution in [2.45, 2.75) is 26.1 Å². The Morgan fingerprint density at radius 3 is 2.00 bits per heavy atom. The molecule has 0 bridgehead atoms. The molecule has 0 aliphatic carbocycles. The number of alkyl halides is 3. The van der Waals surface area contributed by atoms with Crippen LogP contribution in [-0.2, 0) is 9.53 Å². The van der Waals surface area contributed by atoms with Gasteiger partial charge in [-0.2, -0.15) is 13.2 Å². The predicted molar refractivity (Wildman–Crippen MR) is 27.3 cm³/mol. The molecule has 1 atom stereocenters. The maximum atomic E-state index is 11.5. The van der Waals surface area contributed by atoms with Gasteiger partial charge in [-0.15, -0.1) is 0 Å². The quantitative estimate of drug-likeness (QED) is 0.538. The van der Waals surface area contributed by atoms with Gasteiger partial charge in [-0.05, 0) is 6.92 Å². The third-order valence-corrected chi connectivity index (χ3v) is 0.804. The minimum absolute atomic E-state index is 0.779. The van der Waals surface area contributed by atoms with E-state index in [4.69, 9.17) is 0 Å². The average molecular weight is 156 g/mol. The zero-order chi connectivity index (χ0) is 8.36. The van der Waals surface area contributed by atoms with E-state index in [0.29, 0.717) is 0 Å². The summed E-state index contributed by atoms with van der Waals surface area (Å²) in [6.45, 7) is 1.71. The number of halogens is 3. The molecule has 0 heterocycles. The van der Waals surface area contributed by atoms with E-state index in [-0.39, 0.29) is 0 Å². The van der Waals surface area contributed by atoms with Crippen LogP contribution in [0.2, 0.25) is 0 Å². The highest BCUT2D eigenvalue weighted by molar-refractivity contribution is 5.66. The highest BCUT2D eigenvalue weighted by Gasteiger charge is 2.38. The molecule has 0 N–H and O–H groups in total. The molecule has 0 aromatic carbocycles. The molecule has 0 saturated heterocycles. The average Bonchev–Trinajstić information content (AvgIpc) is 1.60. The molecule has 0 aliphatic rings. The summed E-state index contributed by atoms with van der Waals surface area (Å²) in [6.07, 6.45) is -6.46. The number of carbonyl (C=O) groups is 1. The lowest BCUT2D eigenvalue weighted by atomic mass is 10.4. The molecule has 0 fully saturated rings. The van der Waals surface area contributed by atoms with Crippen LogP contribution in [0.25, 0.3) is 0 Å². The normalized spacial score (nSPS) is 14.5. The van der Waals surface area contributed by atoms with Gasteiger partial charge in [0.15, 0.2) is 6.10 Å². The molecule has 0 amide bonds. The smallest absolute Gasteiger partial charge is 0.425 e. The van der Waals surface area contributed by atoms with Gasteiger partial charge in [0.25, 0.3) is 0 Å². The van der Waals surface area contributed by atoms with Crippen LogP contribution in [0.4, 0.5) is 13.2 Å². The number of ether oxygens (including phenoxy) is 1. The van der Waals surface area contributed by atoms with Crippen LogP contribution in [-0.4, -0.2) is 18.2 Å². The van der Waals surface area contributed by atoms with Gasteiger partial charge < -0.3 is 4.74 Å². The highest BCUT2D eigenvalue weighted by Crippen LogP contribution is 2.21. The van der Waals surface area contributed by atoms with Crippen LogP contribution in [0, 0.1) is 0 Å². The second kappa shape index (κ2) is 2.90. The van der Waals surface area contributed by atoms with E-state index >= 15 is 0 Å². The van der Waals surface area contributed by atoms with Gasteiger partial charge in [0.05, 0.1) is 0 Å². The molecule has 5 heteroatoms. The zero-order valence-electron chi connectivity index (χ0n) is 5.53. The highest BCUT2D eigenvalue weighted by atomic mass is 19.4. The fraction of sp³-hybridized carbons (Fsp3) is 0.800. The Morgan fingerprint density at radius 1 is 1.50 bits per heavy atom. The molecule has 0 spiro atoms. The van der Waals surface area contributed by atoms with Crippen molar-refractivity contribution in [1.82, 2.24) is 0 Å². The summed E-state index contributed by atoms with van der Waals surface area (Å²) in [5.41, 5.74) is 0. The van der Waals surface area contributed by atoms with E-state index in [9.17, 15) is 18.0 Å². The zero-order valence-corrected chi connectivity index (χ0v) is 5.53. The van der Waals surface area contributed by atoms with Crippen molar-refractivity contribution >= 4 is 5.97 Å². The minimum atomic E-state index is -4.45. The third-order valence-electron chi connectivity index (χ3n) is 0.804. The maximum Gasteiger partial charge on any atom is 0.425 e. The molecule has 0 aliphatic heterocycles. The number of esters is 1. The number of hydrogen-bond donors (Lipinski definition) is 0. The first-order valence-electron chi connectivity index (χ1n) is 2.58. The molecule has 0 saturated carbocycles. The lowest BCUT2D eigenvalue weighted by Crippen LogP contribution is -2.29. The number of hydrogen-bond acceptors (Lipinski definition) is 2. The van der Waals surface area contributed by atoms with Crippen molar-refractivity contribution in [3.8, 4) is 0 Å². The summed E-state index contributed by atoms with van der Waals surface area (Å²) in [4.78, 5) is 9.98. The molecule has 60 valence electrons. The minimum Gasteiger partial charge on any atom is -0.453 e. The standard InChI is InChI=1S/C5H7F3O2/c1-3(5(6,7)8)10-4(2)9/h3H,1-2H3/t3-/m1/s1. The molecular formula is C5H7F3O2. The van der Waals surface area contributed by atoms with E-state index in [2.05, 4.69) is 4.74 Å². The third kappa shape index (κ3) is 3.32. The Balaban J connectivity index is 3.85. The van der Waals surface area contributed by atoms with Gasteiger partial charge in [-0.3, -0.25) is 4.79 Å². The molecule has 0 aromatic heterocycles. The summed E-state index contributed by atoms with van der Waals surface area (Å²) >= 11 is 0. The molecular weight excluding hydrogens is 149 g/mol. The Kier molecular flexibility index (Phi) is 2.68. The van der Waals surface area contributed by atoms with E-state index in [1.807, 2.05) is 0 Å². The topological polar surface area (TPSA) is 26.3 Å². The van der Waals surface area contributed by atoms with Crippen molar-refractivity contribution in [3.63, 3.8) is 0 Å². The van der Waals surface area contributed by atoms with Gasteiger partial charge in [0, 0.05) is 6.92 Å². The first-order valence-corrected chi connectivity index (χ1v) is 2.58. The van der Waals surface area contributed by atoms with Crippen molar-refractivity contribution in [3.05, 3.63) is 0 Å². The summed E-state index contributed by atoms with van der Waals surface area (Å²) < 4.78 is 38.4. The lowest BCUT2D eigenvalue weighted by Gasteiger charge is -2.14. The van der Waals surface area contributed by atoms with Crippen molar-refractivity contribution in [2.75, 3.05) is 0 Å². The lowest BCUT2D eigenvalue weighted by molar-refractivity contribution is -0.214. The van der Waals surface area contributed by atoms with Gasteiger partial charge in [-0.1, -0.05) is 0 Å². The fourth-order valence-corrected chi connectivity index (χ4v) is 0.316. The monoisotopic (exact) mass is 156 g/mol. The van der Waals surface area contributed by atoms with E-state index in [1.165, 1.54) is 0 Å². The van der Waals surface area contributed by atoms with Crippen LogP contribution < -0.4 is 0 Å². The Morgan fingerprint density at radius 2 is 1.90 bits per heavy atom. The van der Waals surface area contributed by atoms with Crippen molar-refractivity contribution < 1.29 is 22.7 Å². The van der Waals surface area contributed by atoms with Gasteiger partial charge in [-0.25, -0.2) is 0 Å². The Hall–Kier alpha value is -0.740. The summed E-state index contributed by atoms with van der Waals surface area (Å²) in [6, 6.07) is 0.